The van der Waals surface area contributed by atoms with Crippen LogP contribution in [0.15, 0.2) is 4.99 Å². The molecule has 0 radical (unpaired) electrons. The Morgan fingerprint density at radius 3 is 2.88 bits per heavy atom. The van der Waals surface area contributed by atoms with E-state index in [0.29, 0.717) is 12.6 Å². The van der Waals surface area contributed by atoms with Gasteiger partial charge < -0.3 is 20.1 Å². The molecule has 0 bridgehead atoms. The third-order valence-corrected chi connectivity index (χ3v) is 4.74. The number of rotatable bonds is 7. The predicted molar refractivity (Wildman–Crippen MR) is 109 cm³/mol. The summed E-state index contributed by atoms with van der Waals surface area (Å²) >= 11 is 0. The monoisotopic (exact) mass is 454 g/mol. The van der Waals surface area contributed by atoms with Gasteiger partial charge >= 0.3 is 0 Å². The van der Waals surface area contributed by atoms with E-state index in [1.807, 2.05) is 7.05 Å². The Morgan fingerprint density at radius 2 is 2.21 bits per heavy atom. The molecule has 6 nitrogen and oxygen atoms in total. The molecule has 0 aromatic heterocycles. The highest BCUT2D eigenvalue weighted by Gasteiger charge is 2.21. The van der Waals surface area contributed by atoms with E-state index in [4.69, 9.17) is 9.47 Å². The van der Waals surface area contributed by atoms with Crippen molar-refractivity contribution in [3.8, 4) is 0 Å². The highest BCUT2D eigenvalue weighted by atomic mass is 127. The van der Waals surface area contributed by atoms with Crippen molar-refractivity contribution in [1.82, 2.24) is 15.5 Å². The van der Waals surface area contributed by atoms with Crippen LogP contribution in [0, 0.1) is 0 Å². The SMILES string of the molecule is CCN1CCCCC1CNC(=NC)NC(C)COC1CCOC1.I. The highest BCUT2D eigenvalue weighted by Crippen LogP contribution is 2.15. The van der Waals surface area contributed by atoms with Gasteiger partial charge in [0.1, 0.15) is 0 Å². The second-order valence-electron chi connectivity index (χ2n) is 6.60. The lowest BCUT2D eigenvalue weighted by Crippen LogP contribution is -2.51. The van der Waals surface area contributed by atoms with Crippen LogP contribution in [-0.2, 0) is 9.47 Å². The molecule has 0 aromatic carbocycles. The first-order valence-electron chi connectivity index (χ1n) is 9.13. The van der Waals surface area contributed by atoms with Crippen molar-refractivity contribution in [2.24, 2.45) is 4.99 Å². The maximum atomic E-state index is 5.86. The van der Waals surface area contributed by atoms with Crippen molar-refractivity contribution in [3.63, 3.8) is 0 Å². The zero-order valence-electron chi connectivity index (χ0n) is 15.4. The summed E-state index contributed by atoms with van der Waals surface area (Å²) < 4.78 is 11.2. The van der Waals surface area contributed by atoms with E-state index in [0.717, 1.165) is 38.7 Å². The van der Waals surface area contributed by atoms with Gasteiger partial charge in [-0.05, 0) is 39.3 Å². The number of nitrogens with zero attached hydrogens (tertiary/aromatic N) is 2. The number of nitrogens with one attached hydrogen (secondary N) is 2. The second-order valence-corrected chi connectivity index (χ2v) is 6.60. The topological polar surface area (TPSA) is 58.1 Å². The van der Waals surface area contributed by atoms with Gasteiger partial charge in [-0.15, -0.1) is 24.0 Å². The second kappa shape index (κ2) is 12.3. The molecule has 0 amide bonds. The molecule has 24 heavy (non-hydrogen) atoms. The fraction of sp³-hybridized carbons (Fsp3) is 0.941. The average molecular weight is 454 g/mol. The first-order valence-corrected chi connectivity index (χ1v) is 9.13. The molecule has 3 atom stereocenters. The first kappa shape index (κ1) is 21.9. The first-order chi connectivity index (χ1) is 11.2. The smallest absolute Gasteiger partial charge is 0.191 e. The van der Waals surface area contributed by atoms with Gasteiger partial charge in [-0.1, -0.05) is 13.3 Å². The van der Waals surface area contributed by atoms with Gasteiger partial charge in [0.15, 0.2) is 5.96 Å². The maximum absolute atomic E-state index is 5.86. The Hall–Kier alpha value is -0.120. The molecule has 142 valence electrons. The number of ether oxygens (including phenoxy) is 2. The molecule has 2 rings (SSSR count). The van der Waals surface area contributed by atoms with Crippen LogP contribution in [0.2, 0.25) is 0 Å². The minimum Gasteiger partial charge on any atom is -0.379 e. The number of guanidine groups is 1. The minimum absolute atomic E-state index is 0. The molecule has 2 fully saturated rings. The van der Waals surface area contributed by atoms with Crippen LogP contribution in [0.5, 0.6) is 0 Å². The lowest BCUT2D eigenvalue weighted by atomic mass is 10.0. The highest BCUT2D eigenvalue weighted by molar-refractivity contribution is 14.0. The number of piperidine rings is 1. The normalized spacial score (nSPS) is 26.7. The Morgan fingerprint density at radius 1 is 1.38 bits per heavy atom. The third kappa shape index (κ3) is 7.41. The van der Waals surface area contributed by atoms with Crippen molar-refractivity contribution in [3.05, 3.63) is 0 Å². The lowest BCUT2D eigenvalue weighted by molar-refractivity contribution is 0.0347. The zero-order valence-corrected chi connectivity index (χ0v) is 17.8. The number of likely N-dealkylation sites (N-methyl/N-ethyl adjacent to an activating group) is 1. The molecule has 2 saturated heterocycles. The van der Waals surface area contributed by atoms with Crippen molar-refractivity contribution in [2.75, 3.05) is 46.5 Å². The Kier molecular flexibility index (Phi) is 11.2. The van der Waals surface area contributed by atoms with E-state index in [1.54, 1.807) is 0 Å². The fourth-order valence-electron chi connectivity index (χ4n) is 3.32. The Labute approximate surface area is 164 Å². The van der Waals surface area contributed by atoms with E-state index >= 15 is 0 Å². The molecule has 7 heteroatoms. The molecule has 0 aliphatic carbocycles. The van der Waals surface area contributed by atoms with Crippen LogP contribution in [0.4, 0.5) is 0 Å². The van der Waals surface area contributed by atoms with E-state index in [-0.39, 0.29) is 36.1 Å². The predicted octanol–water partition coefficient (Wildman–Crippen LogP) is 1.84. The molecule has 0 aromatic rings. The van der Waals surface area contributed by atoms with Gasteiger partial charge in [0.05, 0.1) is 19.3 Å². The number of hydrogen-bond acceptors (Lipinski definition) is 4. The number of halogens is 1. The summed E-state index contributed by atoms with van der Waals surface area (Å²) in [5.74, 6) is 0.866. The molecule has 3 unspecified atom stereocenters. The molecule has 2 N–H and O–H groups in total. The number of likely N-dealkylation sites (tertiary alicyclic amines) is 1. The summed E-state index contributed by atoms with van der Waals surface area (Å²) in [5.41, 5.74) is 0. The van der Waals surface area contributed by atoms with Gasteiger partial charge in [-0.2, -0.15) is 0 Å². The van der Waals surface area contributed by atoms with Gasteiger partial charge in [-0.3, -0.25) is 9.89 Å². The maximum Gasteiger partial charge on any atom is 0.191 e. The minimum atomic E-state index is 0. The summed E-state index contributed by atoms with van der Waals surface area (Å²) in [6, 6.07) is 0.852. The van der Waals surface area contributed by atoms with Gasteiger partial charge in [0.2, 0.25) is 0 Å². The van der Waals surface area contributed by atoms with E-state index < -0.39 is 0 Å². The van der Waals surface area contributed by atoms with Crippen LogP contribution in [0.3, 0.4) is 0 Å². The molecular formula is C17H35IN4O2. The van der Waals surface area contributed by atoms with Gasteiger partial charge in [-0.25, -0.2) is 0 Å². The van der Waals surface area contributed by atoms with Crippen molar-refractivity contribution >= 4 is 29.9 Å². The van der Waals surface area contributed by atoms with Crippen molar-refractivity contribution < 1.29 is 9.47 Å². The summed E-state index contributed by atoms with van der Waals surface area (Å²) in [7, 11) is 1.83. The molecule has 2 aliphatic heterocycles. The zero-order chi connectivity index (χ0) is 16.5. The van der Waals surface area contributed by atoms with Crippen molar-refractivity contribution in [2.45, 2.75) is 57.7 Å². The quantitative estimate of drug-likeness (QED) is 0.349. The molecule has 0 spiro atoms. The molecule has 0 saturated carbocycles. The summed E-state index contributed by atoms with van der Waals surface area (Å²) in [6.45, 7) is 9.92. The average Bonchev–Trinajstić information content (AvgIpc) is 3.10. The number of aliphatic imine (C=N–C) groups is 1. The van der Waals surface area contributed by atoms with E-state index in [9.17, 15) is 0 Å². The number of hydrogen-bond donors (Lipinski definition) is 2. The standard InChI is InChI=1S/C17H34N4O2.HI/c1-4-21-9-6-5-7-15(21)11-19-17(18-3)20-14(2)12-23-16-8-10-22-13-16;/h14-16H,4-13H2,1-3H3,(H2,18,19,20);1H. The Bertz CT molecular complexity index is 364. The van der Waals surface area contributed by atoms with Crippen LogP contribution in [-0.4, -0.2) is 75.5 Å². The van der Waals surface area contributed by atoms with E-state index in [1.165, 1.54) is 25.8 Å². The van der Waals surface area contributed by atoms with Crippen LogP contribution < -0.4 is 10.6 Å². The summed E-state index contributed by atoms with van der Waals surface area (Å²) in [5, 5.41) is 6.90. The fourth-order valence-corrected chi connectivity index (χ4v) is 3.32. The van der Waals surface area contributed by atoms with Gasteiger partial charge in [0, 0.05) is 32.3 Å². The van der Waals surface area contributed by atoms with Crippen LogP contribution >= 0.6 is 24.0 Å². The van der Waals surface area contributed by atoms with Crippen LogP contribution in [0.25, 0.3) is 0 Å². The van der Waals surface area contributed by atoms with Crippen molar-refractivity contribution in [1.29, 1.82) is 0 Å². The summed E-state index contributed by atoms with van der Waals surface area (Å²) in [6.07, 6.45) is 5.21. The lowest BCUT2D eigenvalue weighted by Gasteiger charge is -2.35. The Balaban J connectivity index is 0.00000288. The molecule has 2 heterocycles. The molecular weight excluding hydrogens is 419 g/mol. The molecule has 2 aliphatic rings. The third-order valence-electron chi connectivity index (χ3n) is 4.74. The largest absolute Gasteiger partial charge is 0.379 e. The van der Waals surface area contributed by atoms with Crippen LogP contribution in [0.1, 0.15) is 39.5 Å². The van der Waals surface area contributed by atoms with Gasteiger partial charge in [0.25, 0.3) is 0 Å². The van der Waals surface area contributed by atoms with E-state index in [2.05, 4.69) is 34.4 Å². The summed E-state index contributed by atoms with van der Waals surface area (Å²) in [4.78, 5) is 6.90.